The molecule has 0 fully saturated rings. The van der Waals surface area contributed by atoms with Gasteiger partial charge >= 0.3 is 0 Å². The average Bonchev–Trinajstić information content (AvgIpc) is 2.76. The zero-order valence-corrected chi connectivity index (χ0v) is 12.7. The van der Waals surface area contributed by atoms with Crippen LogP contribution in [-0.4, -0.2) is 15.7 Å². The fourth-order valence-electron chi connectivity index (χ4n) is 2.65. The molecule has 102 valence electrons. The molecule has 0 saturated carbocycles. The SMILES string of the molecule is Cc1cccnc1C(=O)NC1c2ccccc2CC1Br. The highest BCUT2D eigenvalue weighted by molar-refractivity contribution is 9.09. The zero-order valence-electron chi connectivity index (χ0n) is 11.1. The fraction of sp³-hybridized carbons (Fsp3) is 0.250. The third-order valence-electron chi connectivity index (χ3n) is 3.68. The molecule has 0 aliphatic heterocycles. The predicted molar refractivity (Wildman–Crippen MR) is 82.0 cm³/mol. The van der Waals surface area contributed by atoms with E-state index < -0.39 is 0 Å². The van der Waals surface area contributed by atoms with Crippen LogP contribution in [0.1, 0.15) is 33.2 Å². The molecule has 1 aliphatic rings. The van der Waals surface area contributed by atoms with Gasteiger partial charge in [-0.3, -0.25) is 9.78 Å². The molecule has 2 unspecified atom stereocenters. The number of alkyl halides is 1. The first-order valence-electron chi connectivity index (χ1n) is 6.61. The standard InChI is InChI=1S/C16H15BrN2O/c1-10-5-4-8-18-14(10)16(20)19-15-12-7-3-2-6-11(12)9-13(15)17/h2-8,13,15H,9H2,1H3,(H,19,20). The third kappa shape index (κ3) is 2.36. The maximum atomic E-state index is 12.4. The van der Waals surface area contributed by atoms with Gasteiger partial charge in [-0.05, 0) is 36.1 Å². The Hall–Kier alpha value is -1.68. The molecule has 0 spiro atoms. The highest BCUT2D eigenvalue weighted by atomic mass is 79.9. The number of pyridine rings is 1. The molecule has 4 heteroatoms. The summed E-state index contributed by atoms with van der Waals surface area (Å²) in [7, 11) is 0. The topological polar surface area (TPSA) is 42.0 Å². The van der Waals surface area contributed by atoms with Gasteiger partial charge in [0.05, 0.1) is 6.04 Å². The summed E-state index contributed by atoms with van der Waals surface area (Å²) in [5.41, 5.74) is 3.87. The second-order valence-corrected chi connectivity index (χ2v) is 6.22. The number of fused-ring (bicyclic) bond motifs is 1. The van der Waals surface area contributed by atoms with Crippen molar-refractivity contribution in [1.29, 1.82) is 0 Å². The summed E-state index contributed by atoms with van der Waals surface area (Å²) in [5.74, 6) is -0.116. The van der Waals surface area contributed by atoms with Crippen molar-refractivity contribution in [3.05, 3.63) is 65.0 Å². The second-order valence-electron chi connectivity index (χ2n) is 5.04. The maximum Gasteiger partial charge on any atom is 0.270 e. The minimum Gasteiger partial charge on any atom is -0.343 e. The van der Waals surface area contributed by atoms with Gasteiger partial charge in [-0.1, -0.05) is 46.3 Å². The highest BCUT2D eigenvalue weighted by Gasteiger charge is 2.32. The second kappa shape index (κ2) is 5.37. The normalized spacial score (nSPS) is 20.5. The van der Waals surface area contributed by atoms with Gasteiger partial charge in [0.25, 0.3) is 5.91 Å². The molecule has 0 bridgehead atoms. The first kappa shape index (κ1) is 13.3. The third-order valence-corrected chi connectivity index (χ3v) is 4.53. The van der Waals surface area contributed by atoms with E-state index in [1.807, 2.05) is 31.2 Å². The summed E-state index contributed by atoms with van der Waals surface area (Å²) in [5, 5.41) is 3.09. The van der Waals surface area contributed by atoms with Crippen LogP contribution in [0.15, 0.2) is 42.6 Å². The van der Waals surface area contributed by atoms with Gasteiger partial charge in [-0.25, -0.2) is 0 Å². The number of amides is 1. The Bertz CT molecular complexity index is 656. The van der Waals surface area contributed by atoms with Crippen molar-refractivity contribution in [3.63, 3.8) is 0 Å². The molecule has 0 radical (unpaired) electrons. The molecule has 1 aliphatic carbocycles. The van der Waals surface area contributed by atoms with E-state index in [4.69, 9.17) is 0 Å². The summed E-state index contributed by atoms with van der Waals surface area (Å²) in [6.07, 6.45) is 2.58. The van der Waals surface area contributed by atoms with E-state index >= 15 is 0 Å². The van der Waals surface area contributed by atoms with Crippen molar-refractivity contribution in [2.24, 2.45) is 0 Å². The molecule has 1 amide bonds. The summed E-state index contributed by atoms with van der Waals surface area (Å²) < 4.78 is 0. The van der Waals surface area contributed by atoms with Crippen LogP contribution < -0.4 is 5.32 Å². The molecular weight excluding hydrogens is 316 g/mol. The maximum absolute atomic E-state index is 12.4. The van der Waals surface area contributed by atoms with Gasteiger partial charge in [-0.2, -0.15) is 0 Å². The quantitative estimate of drug-likeness (QED) is 0.859. The summed E-state index contributed by atoms with van der Waals surface area (Å²) in [6, 6.07) is 12.0. The van der Waals surface area contributed by atoms with Crippen LogP contribution in [-0.2, 0) is 6.42 Å². The van der Waals surface area contributed by atoms with Gasteiger partial charge in [0.2, 0.25) is 0 Å². The number of nitrogens with zero attached hydrogens (tertiary/aromatic N) is 1. The molecule has 2 aromatic rings. The van der Waals surface area contributed by atoms with E-state index in [2.05, 4.69) is 38.4 Å². The number of hydrogen-bond acceptors (Lipinski definition) is 2. The number of halogens is 1. The summed E-state index contributed by atoms with van der Waals surface area (Å²) in [6.45, 7) is 1.90. The number of carbonyl (C=O) groups excluding carboxylic acids is 1. The van der Waals surface area contributed by atoms with E-state index in [1.54, 1.807) is 6.20 Å². The van der Waals surface area contributed by atoms with Crippen molar-refractivity contribution in [1.82, 2.24) is 10.3 Å². The number of aromatic nitrogens is 1. The van der Waals surface area contributed by atoms with Gasteiger partial charge < -0.3 is 5.32 Å². The van der Waals surface area contributed by atoms with Crippen LogP contribution in [0.5, 0.6) is 0 Å². The fourth-order valence-corrected chi connectivity index (χ4v) is 3.41. The molecule has 3 rings (SSSR count). The summed E-state index contributed by atoms with van der Waals surface area (Å²) in [4.78, 5) is 16.8. The van der Waals surface area contributed by atoms with E-state index in [-0.39, 0.29) is 16.8 Å². The largest absolute Gasteiger partial charge is 0.343 e. The minimum atomic E-state index is -0.116. The van der Waals surface area contributed by atoms with Crippen molar-refractivity contribution < 1.29 is 4.79 Å². The van der Waals surface area contributed by atoms with Crippen LogP contribution in [0.3, 0.4) is 0 Å². The number of benzene rings is 1. The van der Waals surface area contributed by atoms with E-state index in [0.29, 0.717) is 5.69 Å². The number of nitrogens with one attached hydrogen (secondary N) is 1. The van der Waals surface area contributed by atoms with Gasteiger partial charge in [0.1, 0.15) is 5.69 Å². The molecular formula is C16H15BrN2O. The molecule has 3 nitrogen and oxygen atoms in total. The van der Waals surface area contributed by atoms with Crippen molar-refractivity contribution in [2.75, 3.05) is 0 Å². The lowest BCUT2D eigenvalue weighted by Crippen LogP contribution is -2.32. The van der Waals surface area contributed by atoms with Crippen molar-refractivity contribution in [3.8, 4) is 0 Å². The van der Waals surface area contributed by atoms with Gasteiger partial charge in [-0.15, -0.1) is 0 Å². The Balaban J connectivity index is 1.85. The predicted octanol–water partition coefficient (Wildman–Crippen LogP) is 3.18. The molecule has 0 saturated heterocycles. The molecule has 1 N–H and O–H groups in total. The van der Waals surface area contributed by atoms with Crippen molar-refractivity contribution in [2.45, 2.75) is 24.2 Å². The molecule has 1 aromatic carbocycles. The number of carbonyl (C=O) groups is 1. The monoisotopic (exact) mass is 330 g/mol. The van der Waals surface area contributed by atoms with Crippen LogP contribution >= 0.6 is 15.9 Å². The average molecular weight is 331 g/mol. The van der Waals surface area contributed by atoms with E-state index in [0.717, 1.165) is 12.0 Å². The Morgan fingerprint density at radius 2 is 2.10 bits per heavy atom. The first-order chi connectivity index (χ1) is 9.66. The molecule has 1 heterocycles. The number of aryl methyl sites for hydroxylation is 1. The lowest BCUT2D eigenvalue weighted by atomic mass is 10.1. The number of hydrogen-bond donors (Lipinski definition) is 1. The van der Waals surface area contributed by atoms with Gasteiger partial charge in [0.15, 0.2) is 0 Å². The molecule has 1 aromatic heterocycles. The first-order valence-corrected chi connectivity index (χ1v) is 7.53. The Morgan fingerprint density at radius 3 is 2.90 bits per heavy atom. The minimum absolute atomic E-state index is 0.0000983. The zero-order chi connectivity index (χ0) is 14.1. The van der Waals surface area contributed by atoms with E-state index in [9.17, 15) is 4.79 Å². The summed E-state index contributed by atoms with van der Waals surface area (Å²) >= 11 is 3.67. The van der Waals surface area contributed by atoms with E-state index in [1.165, 1.54) is 11.1 Å². The van der Waals surface area contributed by atoms with Crippen LogP contribution in [0.25, 0.3) is 0 Å². The highest BCUT2D eigenvalue weighted by Crippen LogP contribution is 2.35. The van der Waals surface area contributed by atoms with Crippen LogP contribution in [0.2, 0.25) is 0 Å². The lowest BCUT2D eigenvalue weighted by Gasteiger charge is -2.18. The smallest absolute Gasteiger partial charge is 0.270 e. The molecule has 2 atom stereocenters. The van der Waals surface area contributed by atoms with Crippen LogP contribution in [0, 0.1) is 6.92 Å². The Morgan fingerprint density at radius 1 is 1.30 bits per heavy atom. The van der Waals surface area contributed by atoms with Crippen LogP contribution in [0.4, 0.5) is 0 Å². The van der Waals surface area contributed by atoms with Crippen molar-refractivity contribution >= 4 is 21.8 Å². The Labute approximate surface area is 126 Å². The Kier molecular flexibility index (Phi) is 3.57. The number of rotatable bonds is 2. The molecule has 20 heavy (non-hydrogen) atoms. The van der Waals surface area contributed by atoms with Gasteiger partial charge in [0, 0.05) is 11.0 Å². The lowest BCUT2D eigenvalue weighted by molar-refractivity contribution is 0.0932.